The van der Waals surface area contributed by atoms with E-state index in [1.807, 2.05) is 12.1 Å². The normalized spacial score (nSPS) is 19.5. The summed E-state index contributed by atoms with van der Waals surface area (Å²) in [5.41, 5.74) is 0.977. The van der Waals surface area contributed by atoms with Crippen LogP contribution < -0.4 is 5.32 Å². The van der Waals surface area contributed by atoms with Crippen molar-refractivity contribution in [1.29, 1.82) is 0 Å². The molecule has 6 nitrogen and oxygen atoms in total. The number of hydrogen-bond acceptors (Lipinski definition) is 5. The van der Waals surface area contributed by atoms with Crippen molar-refractivity contribution in [2.75, 3.05) is 32.7 Å². The molecule has 0 saturated carbocycles. The zero-order chi connectivity index (χ0) is 23.3. The van der Waals surface area contributed by atoms with Gasteiger partial charge in [0, 0.05) is 30.9 Å². The maximum atomic E-state index is 12.7. The average molecular weight is 490 g/mol. The van der Waals surface area contributed by atoms with Crippen LogP contribution in [0, 0.1) is 5.92 Å². The summed E-state index contributed by atoms with van der Waals surface area (Å²) in [6, 6.07) is 11.5. The van der Waals surface area contributed by atoms with Gasteiger partial charge in [-0.3, -0.25) is 9.69 Å². The number of benzene rings is 1. The number of aryl methyl sites for hydroxylation is 1. The standard InChI is InChI=1S/C25H35N3O3S2/c1-20-12-16-27(17-13-20)23(24-5-4-18-32-24)19-26-25(29)11-8-21-6-9-22(10-7-21)33(30,31)28-14-2-3-15-28/h4-7,9-10,18,20,23H,2-3,8,11-17,19H2,1H3,(H,26,29)/t23-/m0/s1. The number of nitrogens with one attached hydrogen (secondary N) is 1. The number of thiophene rings is 1. The molecule has 3 heterocycles. The van der Waals surface area contributed by atoms with Gasteiger partial charge in [-0.05, 0) is 80.3 Å². The van der Waals surface area contributed by atoms with E-state index in [0.29, 0.717) is 37.4 Å². The Morgan fingerprint density at radius 1 is 1.09 bits per heavy atom. The second-order valence-corrected chi connectivity index (χ2v) is 12.2. The molecule has 2 aromatic rings. The van der Waals surface area contributed by atoms with Crippen molar-refractivity contribution in [3.8, 4) is 0 Å². The molecular weight excluding hydrogens is 454 g/mol. The number of amides is 1. The van der Waals surface area contributed by atoms with E-state index in [1.54, 1.807) is 27.8 Å². The van der Waals surface area contributed by atoms with Crippen molar-refractivity contribution >= 4 is 27.3 Å². The SMILES string of the molecule is CC1CCN([C@@H](CNC(=O)CCc2ccc(S(=O)(=O)N3CCCC3)cc2)c2cccs2)CC1. The molecule has 8 heteroatoms. The lowest BCUT2D eigenvalue weighted by molar-refractivity contribution is -0.121. The van der Waals surface area contributed by atoms with Crippen LogP contribution in [-0.4, -0.2) is 56.3 Å². The van der Waals surface area contributed by atoms with E-state index in [-0.39, 0.29) is 11.9 Å². The van der Waals surface area contributed by atoms with E-state index in [1.165, 1.54) is 17.7 Å². The molecule has 1 atom stereocenters. The second-order valence-electron chi connectivity index (χ2n) is 9.31. The van der Waals surface area contributed by atoms with E-state index in [0.717, 1.165) is 37.4 Å². The van der Waals surface area contributed by atoms with Gasteiger partial charge in [0.1, 0.15) is 0 Å². The number of likely N-dealkylation sites (tertiary alicyclic amines) is 1. The lowest BCUT2D eigenvalue weighted by Crippen LogP contribution is -2.41. The summed E-state index contributed by atoms with van der Waals surface area (Å²) >= 11 is 1.75. The van der Waals surface area contributed by atoms with Gasteiger partial charge < -0.3 is 5.32 Å². The molecule has 2 fully saturated rings. The molecule has 2 saturated heterocycles. The van der Waals surface area contributed by atoms with Crippen LogP contribution in [-0.2, 0) is 21.2 Å². The predicted octanol–water partition coefficient (Wildman–Crippen LogP) is 4.05. The molecule has 2 aliphatic rings. The molecule has 1 aromatic heterocycles. The Morgan fingerprint density at radius 2 is 1.79 bits per heavy atom. The minimum absolute atomic E-state index is 0.0377. The number of sulfonamides is 1. The molecule has 1 aromatic carbocycles. The highest BCUT2D eigenvalue weighted by atomic mass is 32.2. The molecule has 33 heavy (non-hydrogen) atoms. The third kappa shape index (κ3) is 6.23. The highest BCUT2D eigenvalue weighted by Gasteiger charge is 2.27. The van der Waals surface area contributed by atoms with Crippen LogP contribution in [0.5, 0.6) is 0 Å². The van der Waals surface area contributed by atoms with Crippen molar-refractivity contribution < 1.29 is 13.2 Å². The highest BCUT2D eigenvalue weighted by Crippen LogP contribution is 2.29. The molecule has 0 aliphatic carbocycles. The fraction of sp³-hybridized carbons (Fsp3) is 0.560. The summed E-state index contributed by atoms with van der Waals surface area (Å²) < 4.78 is 26.9. The van der Waals surface area contributed by atoms with Crippen molar-refractivity contribution in [2.45, 2.75) is 56.4 Å². The molecule has 4 rings (SSSR count). The Balaban J connectivity index is 1.28. The first-order chi connectivity index (χ1) is 15.9. The Hall–Kier alpha value is -1.74. The highest BCUT2D eigenvalue weighted by molar-refractivity contribution is 7.89. The average Bonchev–Trinajstić information content (AvgIpc) is 3.54. The van der Waals surface area contributed by atoms with Crippen LogP contribution in [0.3, 0.4) is 0 Å². The molecule has 0 spiro atoms. The van der Waals surface area contributed by atoms with Crippen LogP contribution in [0.1, 0.15) is 55.5 Å². The van der Waals surface area contributed by atoms with Gasteiger partial charge >= 0.3 is 0 Å². The van der Waals surface area contributed by atoms with Gasteiger partial charge in [0.2, 0.25) is 15.9 Å². The fourth-order valence-corrected chi connectivity index (χ4v) is 7.07. The second kappa shape index (κ2) is 11.1. The molecule has 1 N–H and O–H groups in total. The topological polar surface area (TPSA) is 69.7 Å². The monoisotopic (exact) mass is 489 g/mol. The van der Waals surface area contributed by atoms with E-state index in [4.69, 9.17) is 0 Å². The van der Waals surface area contributed by atoms with Crippen molar-refractivity contribution in [3.63, 3.8) is 0 Å². The quantitative estimate of drug-likeness (QED) is 0.577. The largest absolute Gasteiger partial charge is 0.354 e. The minimum Gasteiger partial charge on any atom is -0.354 e. The van der Waals surface area contributed by atoms with E-state index in [2.05, 4.69) is 34.7 Å². The van der Waals surface area contributed by atoms with Gasteiger partial charge in [-0.15, -0.1) is 11.3 Å². The summed E-state index contributed by atoms with van der Waals surface area (Å²) in [4.78, 5) is 16.7. The lowest BCUT2D eigenvalue weighted by Gasteiger charge is -2.36. The first kappa shape index (κ1) is 24.4. The summed E-state index contributed by atoms with van der Waals surface area (Å²) in [5.74, 6) is 0.812. The number of rotatable bonds is 9. The molecular formula is C25H35N3O3S2. The predicted molar refractivity (Wildman–Crippen MR) is 133 cm³/mol. The number of carbonyl (C=O) groups is 1. The third-order valence-electron chi connectivity index (χ3n) is 6.89. The van der Waals surface area contributed by atoms with Crippen molar-refractivity contribution in [2.24, 2.45) is 5.92 Å². The number of nitrogens with zero attached hydrogens (tertiary/aromatic N) is 2. The Kier molecular flexibility index (Phi) is 8.22. The Labute approximate surface area is 202 Å². The van der Waals surface area contributed by atoms with Gasteiger partial charge in [0.05, 0.1) is 10.9 Å². The first-order valence-electron chi connectivity index (χ1n) is 12.1. The van der Waals surface area contributed by atoms with Gasteiger partial charge in [0.25, 0.3) is 0 Å². The number of piperidine rings is 1. The van der Waals surface area contributed by atoms with Crippen LogP contribution in [0.15, 0.2) is 46.7 Å². The summed E-state index contributed by atoms with van der Waals surface area (Å²) in [6.07, 6.45) is 5.26. The fourth-order valence-electron chi connectivity index (χ4n) is 4.69. The zero-order valence-electron chi connectivity index (χ0n) is 19.4. The van der Waals surface area contributed by atoms with Gasteiger partial charge in [-0.1, -0.05) is 25.1 Å². The summed E-state index contributed by atoms with van der Waals surface area (Å²) in [6.45, 7) is 6.30. The maximum Gasteiger partial charge on any atom is 0.243 e. The molecule has 180 valence electrons. The van der Waals surface area contributed by atoms with Crippen LogP contribution >= 0.6 is 11.3 Å². The molecule has 1 amide bonds. The third-order valence-corrected chi connectivity index (χ3v) is 9.78. The van der Waals surface area contributed by atoms with Gasteiger partial charge in [-0.25, -0.2) is 8.42 Å². The summed E-state index contributed by atoms with van der Waals surface area (Å²) in [7, 11) is -3.39. The van der Waals surface area contributed by atoms with Crippen LogP contribution in [0.25, 0.3) is 0 Å². The van der Waals surface area contributed by atoms with E-state index < -0.39 is 10.0 Å². The lowest BCUT2D eigenvalue weighted by atomic mass is 9.97. The minimum atomic E-state index is -3.39. The molecule has 0 unspecified atom stereocenters. The van der Waals surface area contributed by atoms with Gasteiger partial charge in [-0.2, -0.15) is 4.31 Å². The van der Waals surface area contributed by atoms with Crippen LogP contribution in [0.4, 0.5) is 0 Å². The maximum absolute atomic E-state index is 12.7. The van der Waals surface area contributed by atoms with Crippen LogP contribution in [0.2, 0.25) is 0 Å². The Morgan fingerprint density at radius 3 is 2.42 bits per heavy atom. The first-order valence-corrected chi connectivity index (χ1v) is 14.4. The van der Waals surface area contributed by atoms with Gasteiger partial charge in [0.15, 0.2) is 0 Å². The molecule has 0 bridgehead atoms. The molecule has 2 aliphatic heterocycles. The zero-order valence-corrected chi connectivity index (χ0v) is 21.0. The van der Waals surface area contributed by atoms with E-state index in [9.17, 15) is 13.2 Å². The number of hydrogen-bond donors (Lipinski definition) is 1. The van der Waals surface area contributed by atoms with E-state index >= 15 is 0 Å². The molecule has 0 radical (unpaired) electrons. The Bertz CT molecular complexity index is 992. The smallest absolute Gasteiger partial charge is 0.243 e. The summed E-state index contributed by atoms with van der Waals surface area (Å²) in [5, 5.41) is 5.25. The van der Waals surface area contributed by atoms with Crippen molar-refractivity contribution in [1.82, 2.24) is 14.5 Å². The number of carbonyl (C=O) groups excluding carboxylic acids is 1. The van der Waals surface area contributed by atoms with Crippen molar-refractivity contribution in [3.05, 3.63) is 52.2 Å².